The number of benzene rings is 1. The Hall–Kier alpha value is -1.58. The molecule has 1 heterocycles. The topological polar surface area (TPSA) is 45.4 Å². The van der Waals surface area contributed by atoms with Gasteiger partial charge in [-0.3, -0.25) is 0 Å². The Morgan fingerprint density at radius 3 is 2.78 bits per heavy atom. The normalized spacial score (nSPS) is 23.8. The van der Waals surface area contributed by atoms with E-state index in [1.54, 1.807) is 18.4 Å². The lowest BCUT2D eigenvalue weighted by atomic mass is 10.1. The molecule has 0 spiro atoms. The molecule has 1 aliphatic carbocycles. The molecular weight excluding hydrogens is 226 g/mol. The predicted octanol–water partition coefficient (Wildman–Crippen LogP) is 2.46. The van der Waals surface area contributed by atoms with Gasteiger partial charge in [0.15, 0.2) is 0 Å². The number of hydrogen-bond acceptors (Lipinski definition) is 3. The summed E-state index contributed by atoms with van der Waals surface area (Å²) in [5, 5.41) is 13.3. The number of nitrogens with one attached hydrogen (secondary N) is 1. The van der Waals surface area contributed by atoms with Crippen LogP contribution in [-0.4, -0.2) is 17.7 Å². The van der Waals surface area contributed by atoms with Crippen LogP contribution in [0.5, 0.6) is 0 Å². The molecule has 3 atom stereocenters. The summed E-state index contributed by atoms with van der Waals surface area (Å²) in [5.74, 6) is 1.22. The van der Waals surface area contributed by atoms with Gasteiger partial charge in [0.05, 0.1) is 6.26 Å². The van der Waals surface area contributed by atoms with E-state index in [1.165, 1.54) is 5.56 Å². The van der Waals surface area contributed by atoms with Crippen LogP contribution in [0.2, 0.25) is 0 Å². The number of aliphatic hydroxyl groups excluding tert-OH is 1. The molecule has 1 aromatic heterocycles. The Kier molecular flexibility index (Phi) is 3.17. The van der Waals surface area contributed by atoms with Crippen molar-refractivity contribution in [3.8, 4) is 0 Å². The number of rotatable bonds is 5. The molecule has 94 valence electrons. The zero-order valence-electron chi connectivity index (χ0n) is 10.1. The number of furan rings is 1. The third-order valence-corrected chi connectivity index (χ3v) is 3.46. The fraction of sp³-hybridized carbons (Fsp3) is 0.333. The highest BCUT2D eigenvalue weighted by atomic mass is 16.4. The van der Waals surface area contributed by atoms with E-state index < -0.39 is 6.10 Å². The van der Waals surface area contributed by atoms with E-state index in [-0.39, 0.29) is 0 Å². The molecule has 0 saturated heterocycles. The second kappa shape index (κ2) is 4.96. The van der Waals surface area contributed by atoms with Crippen LogP contribution >= 0.6 is 0 Å². The van der Waals surface area contributed by atoms with Crippen molar-refractivity contribution in [1.82, 2.24) is 5.32 Å². The highest BCUT2D eigenvalue weighted by Gasteiger charge is 2.38. The first-order valence-electron chi connectivity index (χ1n) is 6.34. The Balaban J connectivity index is 1.49. The van der Waals surface area contributed by atoms with Gasteiger partial charge in [0.25, 0.3) is 0 Å². The molecule has 3 heteroatoms. The molecule has 2 aromatic rings. The van der Waals surface area contributed by atoms with Gasteiger partial charge >= 0.3 is 0 Å². The smallest absolute Gasteiger partial charge is 0.133 e. The van der Waals surface area contributed by atoms with E-state index in [9.17, 15) is 5.11 Å². The van der Waals surface area contributed by atoms with Crippen molar-refractivity contribution in [2.75, 3.05) is 6.54 Å². The van der Waals surface area contributed by atoms with Crippen LogP contribution in [0, 0.1) is 0 Å². The lowest BCUT2D eigenvalue weighted by molar-refractivity contribution is 0.147. The minimum Gasteiger partial charge on any atom is -0.467 e. The van der Waals surface area contributed by atoms with Gasteiger partial charge in [0, 0.05) is 18.5 Å². The van der Waals surface area contributed by atoms with Gasteiger partial charge in [-0.05, 0) is 24.1 Å². The lowest BCUT2D eigenvalue weighted by Gasteiger charge is -2.09. The van der Waals surface area contributed by atoms with Gasteiger partial charge in [-0.15, -0.1) is 0 Å². The van der Waals surface area contributed by atoms with Crippen LogP contribution in [0.25, 0.3) is 0 Å². The van der Waals surface area contributed by atoms with Crippen LogP contribution in [0.4, 0.5) is 0 Å². The quantitative estimate of drug-likeness (QED) is 0.848. The molecule has 2 N–H and O–H groups in total. The van der Waals surface area contributed by atoms with E-state index >= 15 is 0 Å². The summed E-state index contributed by atoms with van der Waals surface area (Å²) in [6, 6.07) is 14.6. The van der Waals surface area contributed by atoms with Crippen molar-refractivity contribution >= 4 is 0 Å². The van der Waals surface area contributed by atoms with Crippen molar-refractivity contribution in [2.24, 2.45) is 0 Å². The Bertz CT molecular complexity index is 480. The Morgan fingerprint density at radius 2 is 2.06 bits per heavy atom. The Morgan fingerprint density at radius 1 is 1.22 bits per heavy atom. The maximum atomic E-state index is 9.89. The lowest BCUT2D eigenvalue weighted by Crippen LogP contribution is -2.24. The van der Waals surface area contributed by atoms with Gasteiger partial charge in [-0.1, -0.05) is 30.3 Å². The molecule has 0 amide bonds. The molecule has 1 fully saturated rings. The summed E-state index contributed by atoms with van der Waals surface area (Å²) in [5.41, 5.74) is 1.38. The van der Waals surface area contributed by atoms with Crippen molar-refractivity contribution in [2.45, 2.75) is 24.5 Å². The first-order valence-corrected chi connectivity index (χ1v) is 6.34. The highest BCUT2D eigenvalue weighted by molar-refractivity contribution is 5.27. The predicted molar refractivity (Wildman–Crippen MR) is 69.3 cm³/mol. The molecule has 3 nitrogen and oxygen atoms in total. The summed E-state index contributed by atoms with van der Waals surface area (Å²) < 4.78 is 5.17. The van der Waals surface area contributed by atoms with Gasteiger partial charge in [-0.2, -0.15) is 0 Å². The minimum absolute atomic E-state index is 0.483. The average Bonchev–Trinajstić information content (AvgIpc) is 2.98. The third kappa shape index (κ3) is 2.47. The maximum Gasteiger partial charge on any atom is 0.133 e. The molecule has 1 aliphatic rings. The number of aliphatic hydroxyl groups is 1. The molecule has 3 rings (SSSR count). The van der Waals surface area contributed by atoms with Crippen LogP contribution in [-0.2, 0) is 0 Å². The van der Waals surface area contributed by atoms with Crippen molar-refractivity contribution in [3.63, 3.8) is 0 Å². The summed E-state index contributed by atoms with van der Waals surface area (Å²) >= 11 is 0. The number of hydrogen-bond donors (Lipinski definition) is 2. The summed E-state index contributed by atoms with van der Waals surface area (Å²) in [7, 11) is 0. The molecule has 0 radical (unpaired) electrons. The molecule has 3 unspecified atom stereocenters. The standard InChI is InChI=1S/C15H17NO2/c17-14(15-7-4-8-18-15)10-16-13-9-12(13)11-5-2-1-3-6-11/h1-8,12-14,16-17H,9-10H2. The van der Waals surface area contributed by atoms with Gasteiger partial charge in [0.1, 0.15) is 11.9 Å². The zero-order valence-corrected chi connectivity index (χ0v) is 10.1. The van der Waals surface area contributed by atoms with Gasteiger partial charge in [0.2, 0.25) is 0 Å². The van der Waals surface area contributed by atoms with Crippen LogP contribution < -0.4 is 5.32 Å². The molecular formula is C15H17NO2. The van der Waals surface area contributed by atoms with Crippen molar-refractivity contribution in [3.05, 3.63) is 60.1 Å². The van der Waals surface area contributed by atoms with Crippen molar-refractivity contribution < 1.29 is 9.52 Å². The van der Waals surface area contributed by atoms with Crippen LogP contribution in [0.3, 0.4) is 0 Å². The molecule has 18 heavy (non-hydrogen) atoms. The molecule has 0 bridgehead atoms. The second-order valence-corrected chi connectivity index (χ2v) is 4.80. The van der Waals surface area contributed by atoms with E-state index in [1.807, 2.05) is 6.07 Å². The molecule has 0 aliphatic heterocycles. The van der Waals surface area contributed by atoms with E-state index in [2.05, 4.69) is 29.6 Å². The Labute approximate surface area is 106 Å². The van der Waals surface area contributed by atoms with E-state index in [0.29, 0.717) is 24.3 Å². The second-order valence-electron chi connectivity index (χ2n) is 4.80. The van der Waals surface area contributed by atoms with E-state index in [4.69, 9.17) is 4.42 Å². The molecule has 1 saturated carbocycles. The SMILES string of the molecule is OC(CNC1CC1c1ccccc1)c1ccco1. The van der Waals surface area contributed by atoms with E-state index in [0.717, 1.165) is 6.42 Å². The average molecular weight is 243 g/mol. The summed E-state index contributed by atoms with van der Waals surface area (Å²) in [6.07, 6.45) is 2.18. The minimum atomic E-state index is -0.558. The zero-order chi connectivity index (χ0) is 12.4. The van der Waals surface area contributed by atoms with Crippen molar-refractivity contribution in [1.29, 1.82) is 0 Å². The van der Waals surface area contributed by atoms with Crippen LogP contribution in [0.1, 0.15) is 29.8 Å². The maximum absolute atomic E-state index is 9.89. The first-order chi connectivity index (χ1) is 8.84. The fourth-order valence-corrected chi connectivity index (χ4v) is 2.33. The van der Waals surface area contributed by atoms with Crippen LogP contribution in [0.15, 0.2) is 53.1 Å². The highest BCUT2D eigenvalue weighted by Crippen LogP contribution is 2.40. The largest absolute Gasteiger partial charge is 0.467 e. The first kappa shape index (κ1) is 11.5. The molecule has 1 aromatic carbocycles. The fourth-order valence-electron chi connectivity index (χ4n) is 2.33. The monoisotopic (exact) mass is 243 g/mol. The third-order valence-electron chi connectivity index (χ3n) is 3.46. The summed E-state index contributed by atoms with van der Waals surface area (Å²) in [4.78, 5) is 0. The van der Waals surface area contributed by atoms with Gasteiger partial charge in [-0.25, -0.2) is 0 Å². The van der Waals surface area contributed by atoms with Gasteiger partial charge < -0.3 is 14.8 Å². The summed E-state index contributed by atoms with van der Waals surface area (Å²) in [6.45, 7) is 0.543.